The molecule has 11 unspecified atom stereocenters. The molecule has 8 aromatic heterocycles. The average Bonchev–Trinajstić information content (AvgIpc) is 1.61. The fraction of sp³-hybridized carbons (Fsp3) is 0.591. The van der Waals surface area contributed by atoms with Crippen molar-refractivity contribution in [1.29, 1.82) is 0 Å². The molecule has 4 saturated heterocycles. The second kappa shape index (κ2) is 39.7. The van der Waals surface area contributed by atoms with Gasteiger partial charge in [0.1, 0.15) is 88.2 Å². The second-order valence-corrected chi connectivity index (χ2v) is 45.7. The minimum absolute atomic E-state index is 0.000350. The van der Waals surface area contributed by atoms with E-state index in [2.05, 4.69) is 83.5 Å². The number of aliphatic hydroxyl groups is 4. The van der Waals surface area contributed by atoms with E-state index in [1.165, 1.54) is 0 Å². The number of hydrogen-bond donors (Lipinski definition) is 9. The molecule has 0 radical (unpaired) electrons. The number of rotatable bonds is 25. The Hall–Kier alpha value is -8.15. The van der Waals surface area contributed by atoms with E-state index in [4.69, 9.17) is 77.3 Å². The van der Waals surface area contributed by atoms with Crippen molar-refractivity contribution < 1.29 is 94.0 Å². The fourth-order valence-corrected chi connectivity index (χ4v) is 20.6. The predicted molar refractivity (Wildman–Crippen MR) is 495 cm³/mol. The first-order chi connectivity index (χ1) is 60.5. The van der Waals surface area contributed by atoms with Crippen molar-refractivity contribution in [1.82, 2.24) is 29.9 Å². The van der Waals surface area contributed by atoms with Gasteiger partial charge >= 0.3 is 0 Å². The number of nitrogens with zero attached hydrogens (tertiary/aromatic N) is 6. The van der Waals surface area contributed by atoms with Crippen LogP contribution >= 0.6 is 0 Å². The van der Waals surface area contributed by atoms with Gasteiger partial charge < -0.3 is 108 Å². The van der Waals surface area contributed by atoms with E-state index in [-0.39, 0.29) is 123 Å². The van der Waals surface area contributed by atoms with Crippen LogP contribution in [0.3, 0.4) is 0 Å². The smallest absolute Gasteiger partial charge is 0.214 e. The molecule has 9 N–H and O–H groups in total. The molecule has 19 atom stereocenters. The van der Waals surface area contributed by atoms with Crippen LogP contribution in [0.25, 0.3) is 44.6 Å². The molecule has 8 fully saturated rings. The van der Waals surface area contributed by atoms with E-state index >= 15 is 0 Å². The van der Waals surface area contributed by atoms with E-state index < -0.39 is 63.6 Å². The van der Waals surface area contributed by atoms with Crippen LogP contribution in [0.4, 0.5) is 29.1 Å². The molecule has 31 nitrogen and oxygen atoms in total. The van der Waals surface area contributed by atoms with Crippen molar-refractivity contribution in [3.05, 3.63) is 93.3 Å². The fourth-order valence-electron chi connectivity index (χ4n) is 18.4. The van der Waals surface area contributed by atoms with Crippen molar-refractivity contribution >= 4 is 91.5 Å². The normalized spacial score (nSPS) is 27.1. The van der Waals surface area contributed by atoms with Gasteiger partial charge in [0.25, 0.3) is 0 Å². The van der Waals surface area contributed by atoms with Crippen molar-refractivity contribution in [3.63, 3.8) is 0 Å². The Kier molecular flexibility index (Phi) is 30.2. The first-order valence-corrected chi connectivity index (χ1v) is 52.0. The molecule has 16 rings (SSSR count). The number of aliphatic hydroxyl groups excluding tert-OH is 4. The Morgan fingerprint density at radius 1 is 0.461 bits per heavy atom. The third-order valence-electron chi connectivity index (χ3n) is 23.9. The lowest BCUT2D eigenvalue weighted by atomic mass is 10.1. The van der Waals surface area contributed by atoms with Gasteiger partial charge in [0, 0.05) is 105 Å². The Bertz CT molecular complexity index is 5550. The van der Waals surface area contributed by atoms with Crippen LogP contribution < -0.4 is 36.1 Å². The summed E-state index contributed by atoms with van der Waals surface area (Å²) < 4.78 is 114. The van der Waals surface area contributed by atoms with E-state index in [1.54, 1.807) is 31.9 Å². The number of furan rings is 2. The van der Waals surface area contributed by atoms with Gasteiger partial charge in [-0.25, -0.2) is 29.9 Å². The lowest BCUT2D eigenvalue weighted by Gasteiger charge is -2.25. The molecule has 4 aliphatic carbocycles. The van der Waals surface area contributed by atoms with Gasteiger partial charge in [0.15, 0.2) is 34.3 Å². The van der Waals surface area contributed by atoms with Gasteiger partial charge in [-0.15, -0.1) is 12.0 Å². The van der Waals surface area contributed by atoms with Gasteiger partial charge in [0.05, 0.1) is 134 Å². The lowest BCUT2D eigenvalue weighted by molar-refractivity contribution is -0.159. The minimum Gasteiger partial charge on any atom is -0.478 e. The molecule has 0 spiro atoms. The molecule has 4 saturated carbocycles. The number of hydrogen-bond acceptors (Lipinski definition) is 31. The Morgan fingerprint density at radius 3 is 1.13 bits per heavy atom. The number of fused-ring (bicyclic) bond motifs is 6. The molecule has 0 bridgehead atoms. The maximum Gasteiger partial charge on any atom is 0.214 e. The summed E-state index contributed by atoms with van der Waals surface area (Å²) in [6, 6.07) is 14.7. The van der Waals surface area contributed by atoms with Crippen LogP contribution in [0.1, 0.15) is 140 Å². The third-order valence-corrected chi connectivity index (χ3v) is 27.2. The molecule has 128 heavy (non-hydrogen) atoms. The lowest BCUT2D eigenvalue weighted by Crippen LogP contribution is -2.35. The van der Waals surface area contributed by atoms with E-state index in [9.17, 15) is 33.1 Å². The van der Waals surface area contributed by atoms with Crippen LogP contribution in [0.15, 0.2) is 72.4 Å². The van der Waals surface area contributed by atoms with E-state index in [0.29, 0.717) is 130 Å². The molecule has 12 heterocycles. The van der Waals surface area contributed by atoms with Crippen LogP contribution in [0.2, 0.25) is 19.6 Å². The summed E-state index contributed by atoms with van der Waals surface area (Å²) >= 11 is 0. The summed E-state index contributed by atoms with van der Waals surface area (Å²) in [5, 5.41) is 60.2. The molecular formula is C93H127N11O20S3Si. The SMILES string of the molecule is C#Cc1c(C)cc(S(C)=O)nc1NC1CC(CO)[C@H]2OC(C)(C)O[C@@H]12.CCOc1cc2cc(-c3c(C)cc(NCCOC)nc3NC3CC(CO)[C@H]4OC(C)(C)O[C@@H]34)oc2c(C)n1.CCOc1cc2cc(-c3c(C)cc(S(C)=O)nc3NC3CC(CO)[C@H]4OC(C)(C)O[C@@H]34)oc2c(C)n1.Cc1cc(S(C)=O)nc(NC2CC(CO)[C@H]3OC(C)(C)O[C@@H]23)c1C#C[Si](C)(C)C. The predicted octanol–water partition coefficient (Wildman–Crippen LogP) is 12.3. The number of terminal acetylenes is 1. The van der Waals surface area contributed by atoms with E-state index in [0.717, 1.165) is 66.9 Å². The maximum atomic E-state index is 12.4. The molecule has 8 aliphatic rings. The van der Waals surface area contributed by atoms with Crippen LogP contribution in [0.5, 0.6) is 11.8 Å². The van der Waals surface area contributed by atoms with Crippen molar-refractivity contribution in [3.8, 4) is 58.2 Å². The number of aromatic nitrogens is 6. The summed E-state index contributed by atoms with van der Waals surface area (Å²) in [6.45, 7) is 39.6. The summed E-state index contributed by atoms with van der Waals surface area (Å²) in [5.74, 6) is 8.66. The van der Waals surface area contributed by atoms with Crippen LogP contribution in [0, 0.1) is 89.0 Å². The zero-order valence-corrected chi connectivity index (χ0v) is 81.1. The van der Waals surface area contributed by atoms with Crippen molar-refractivity contribution in [2.45, 2.75) is 267 Å². The van der Waals surface area contributed by atoms with Crippen LogP contribution in [-0.2, 0) is 75.0 Å². The van der Waals surface area contributed by atoms with Gasteiger partial charge in [-0.3, -0.25) is 12.6 Å². The van der Waals surface area contributed by atoms with Gasteiger partial charge in [-0.1, -0.05) is 31.5 Å². The highest BCUT2D eigenvalue weighted by atomic mass is 32.2. The maximum absolute atomic E-state index is 12.4. The van der Waals surface area contributed by atoms with Gasteiger partial charge in [-0.2, -0.15) is 0 Å². The minimum atomic E-state index is -1.58. The van der Waals surface area contributed by atoms with Gasteiger partial charge in [-0.05, 0) is 195 Å². The highest BCUT2D eigenvalue weighted by molar-refractivity contribution is 7.84. The zero-order valence-electron chi connectivity index (χ0n) is 77.6. The van der Waals surface area contributed by atoms with Crippen LogP contribution in [-0.4, -0.2) is 246 Å². The highest BCUT2D eigenvalue weighted by Gasteiger charge is 2.58. The largest absolute Gasteiger partial charge is 0.478 e. The molecule has 696 valence electrons. The Labute approximate surface area is 758 Å². The summed E-state index contributed by atoms with van der Waals surface area (Å²) in [7, 11) is -3.58. The molecule has 8 aromatic rings. The number of anilines is 5. The van der Waals surface area contributed by atoms with Gasteiger partial charge in [0.2, 0.25) is 11.8 Å². The monoisotopic (exact) mass is 1840 g/mol. The number of ether oxygens (including phenoxy) is 11. The average molecular weight is 1840 g/mol. The number of pyridine rings is 6. The number of aryl methyl sites for hydroxylation is 6. The van der Waals surface area contributed by atoms with Crippen molar-refractivity contribution in [2.75, 3.05) is 105 Å². The summed E-state index contributed by atoms with van der Waals surface area (Å²) in [4.78, 5) is 27.8. The molecule has 0 amide bonds. The molecule has 0 aromatic carbocycles. The Balaban J connectivity index is 0.000000148. The standard InChI is InChI=1S/C28H38N4O6.C26H33N3O6S.C21H32N2O4SSi.C18H24N2O4S/c1-7-35-22-13-17-12-20(36-24(17)16(3)30-22)23-15(2)10-21(29-8-9-34-6)32-27(23)31-19-11-18(14-33)25-26(19)38-28(4,5)37-25;1-7-32-19-11-15-10-18(33-22(15)14(3)27-19)21-13(2)8-20(36(6)31)29-25(21)28-17-9-16(12-30)23-24(17)35-26(4,5)34-23;1-13-10-17(28(4)25)23-20(15(13)8-9-29(5,6)7)22-16-11-14(12-24)18-19(16)27-21(2,3)26-18;1-6-12-10(2)7-14(25(5)22)20-17(12)19-13-8-11(9-21)15-16(13)24-18(3,4)23-15/h10,12-13,18-19,25-26,33H,7-9,11,14H2,1-6H3,(H2,29,31,32);8,10-11,16-17,23-24,30H,7,9,12H2,1-6H3,(H,28,29);10,14,16,18-19,24H,11-12H2,1-7H3,(H,22,23);1,7,11,13,15-16,21H,8-9H2,2-5H3,(H,19,20)/t18?,19?,25-,26+;16?,17?,23-,24+,36?;14?,16?,18-,19+,28?;11?,13?,15-,16+,25?/m1111/s1. The molecule has 35 heteroatoms. The van der Waals surface area contributed by atoms with Crippen molar-refractivity contribution in [2.24, 2.45) is 23.7 Å². The van der Waals surface area contributed by atoms with E-state index in [1.807, 2.05) is 153 Å². The number of methoxy groups -OCH3 is 1. The topological polar surface area (TPSA) is 397 Å². The first-order valence-electron chi connectivity index (χ1n) is 43.8. The molecular weight excluding hydrogens is 1720 g/mol. The highest BCUT2D eigenvalue weighted by Crippen LogP contribution is 2.50. The first kappa shape index (κ1) is 97.4. The Morgan fingerprint density at radius 2 is 0.789 bits per heavy atom. The third kappa shape index (κ3) is 21.9. The quantitative estimate of drug-likeness (QED) is 0.0146. The summed E-state index contributed by atoms with van der Waals surface area (Å²) in [6.07, 6.45) is 11.7. The number of nitrogens with one attached hydrogen (secondary N) is 5. The molecule has 4 aliphatic heterocycles. The zero-order chi connectivity index (χ0) is 92.7. The second-order valence-electron chi connectivity index (χ2n) is 37.0. The summed E-state index contributed by atoms with van der Waals surface area (Å²) in [5.41, 5.74) is 13.1.